The summed E-state index contributed by atoms with van der Waals surface area (Å²) in [6.07, 6.45) is 1.98. The maximum absolute atomic E-state index is 5.45. The van der Waals surface area contributed by atoms with E-state index in [-0.39, 0.29) is 0 Å². The average Bonchev–Trinajstić information content (AvgIpc) is 2.74. The summed E-state index contributed by atoms with van der Waals surface area (Å²) in [7, 11) is 1.94. The second-order valence-electron chi connectivity index (χ2n) is 3.78. The number of aromatic nitrogens is 2. The number of rotatable bonds is 6. The van der Waals surface area contributed by atoms with Crippen molar-refractivity contribution < 1.29 is 4.52 Å². The molecule has 2 N–H and O–H groups in total. The van der Waals surface area contributed by atoms with Crippen LogP contribution < -0.4 is 10.6 Å². The molecule has 86 valence electrons. The highest BCUT2D eigenvalue weighted by Crippen LogP contribution is 2.20. The van der Waals surface area contributed by atoms with Crippen LogP contribution in [0.3, 0.4) is 0 Å². The predicted molar refractivity (Wildman–Crippen MR) is 59.9 cm³/mol. The molecule has 1 heterocycles. The highest BCUT2D eigenvalue weighted by atomic mass is 16.5. The van der Waals surface area contributed by atoms with Crippen LogP contribution in [0.15, 0.2) is 4.52 Å². The number of anilines is 1. The van der Waals surface area contributed by atoms with E-state index in [0.29, 0.717) is 24.3 Å². The third-order valence-corrected chi connectivity index (χ3v) is 2.51. The standard InChI is InChI=1S/C10H20N4O/c1-4-14(3)10-12-9(15-13-10)8(2)6-5-7-11/h8H,4-7,11H2,1-3H3. The van der Waals surface area contributed by atoms with Crippen molar-refractivity contribution in [2.75, 3.05) is 25.0 Å². The second kappa shape index (κ2) is 5.70. The molecule has 0 spiro atoms. The minimum absolute atomic E-state index is 0.292. The maximum Gasteiger partial charge on any atom is 0.265 e. The van der Waals surface area contributed by atoms with Crippen molar-refractivity contribution in [2.45, 2.75) is 32.6 Å². The van der Waals surface area contributed by atoms with Gasteiger partial charge in [-0.15, -0.1) is 0 Å². The molecule has 0 aliphatic rings. The quantitative estimate of drug-likeness (QED) is 0.771. The molecule has 1 aromatic heterocycles. The first-order valence-electron chi connectivity index (χ1n) is 5.43. The van der Waals surface area contributed by atoms with E-state index in [1.54, 1.807) is 0 Å². The first kappa shape index (κ1) is 12.0. The Morgan fingerprint density at radius 3 is 2.87 bits per heavy atom. The molecular formula is C10H20N4O. The first-order chi connectivity index (χ1) is 7.19. The van der Waals surface area contributed by atoms with Gasteiger partial charge in [0.1, 0.15) is 0 Å². The van der Waals surface area contributed by atoms with Crippen LogP contribution in [0.25, 0.3) is 0 Å². The Hall–Kier alpha value is -1.10. The highest BCUT2D eigenvalue weighted by Gasteiger charge is 2.15. The van der Waals surface area contributed by atoms with Gasteiger partial charge in [-0.2, -0.15) is 4.98 Å². The van der Waals surface area contributed by atoms with Crippen LogP contribution in [0.2, 0.25) is 0 Å². The Balaban J connectivity index is 2.58. The molecule has 0 amide bonds. The van der Waals surface area contributed by atoms with Gasteiger partial charge in [0.05, 0.1) is 0 Å². The monoisotopic (exact) mass is 212 g/mol. The summed E-state index contributed by atoms with van der Waals surface area (Å²) >= 11 is 0. The van der Waals surface area contributed by atoms with E-state index in [4.69, 9.17) is 10.3 Å². The number of nitrogens with two attached hydrogens (primary N) is 1. The van der Waals surface area contributed by atoms with Crippen LogP contribution in [0.5, 0.6) is 0 Å². The third kappa shape index (κ3) is 3.20. The Kier molecular flexibility index (Phi) is 4.55. The molecule has 0 saturated carbocycles. The van der Waals surface area contributed by atoms with Crippen molar-refractivity contribution in [1.82, 2.24) is 10.1 Å². The summed E-state index contributed by atoms with van der Waals surface area (Å²) in [6, 6.07) is 0. The zero-order valence-electron chi connectivity index (χ0n) is 9.73. The van der Waals surface area contributed by atoms with Gasteiger partial charge in [0.25, 0.3) is 5.95 Å². The summed E-state index contributed by atoms with van der Waals surface area (Å²) in [4.78, 5) is 6.29. The number of hydrogen-bond acceptors (Lipinski definition) is 5. The fourth-order valence-corrected chi connectivity index (χ4v) is 1.27. The molecule has 1 unspecified atom stereocenters. The summed E-state index contributed by atoms with van der Waals surface area (Å²) in [5.74, 6) is 1.66. The van der Waals surface area contributed by atoms with E-state index in [0.717, 1.165) is 19.4 Å². The lowest BCUT2D eigenvalue weighted by Crippen LogP contribution is -2.17. The van der Waals surface area contributed by atoms with Crippen LogP contribution in [0.4, 0.5) is 5.95 Å². The maximum atomic E-state index is 5.45. The van der Waals surface area contributed by atoms with Crippen molar-refractivity contribution in [1.29, 1.82) is 0 Å². The molecule has 0 aliphatic carbocycles. The van der Waals surface area contributed by atoms with Crippen molar-refractivity contribution in [3.8, 4) is 0 Å². The van der Waals surface area contributed by atoms with Gasteiger partial charge >= 0.3 is 0 Å². The van der Waals surface area contributed by atoms with E-state index in [1.807, 2.05) is 18.9 Å². The van der Waals surface area contributed by atoms with Gasteiger partial charge in [-0.25, -0.2) is 0 Å². The summed E-state index contributed by atoms with van der Waals surface area (Å²) in [6.45, 7) is 5.71. The molecule has 0 aliphatic heterocycles. The molecule has 5 nitrogen and oxygen atoms in total. The van der Waals surface area contributed by atoms with Crippen molar-refractivity contribution in [3.05, 3.63) is 5.89 Å². The normalized spacial score (nSPS) is 12.8. The molecule has 0 bridgehead atoms. The van der Waals surface area contributed by atoms with Gasteiger partial charge in [-0.05, 0) is 31.5 Å². The van der Waals surface area contributed by atoms with Gasteiger partial charge in [0, 0.05) is 19.5 Å². The Morgan fingerprint density at radius 2 is 2.27 bits per heavy atom. The van der Waals surface area contributed by atoms with Gasteiger partial charge < -0.3 is 15.2 Å². The van der Waals surface area contributed by atoms with Crippen molar-refractivity contribution >= 4 is 5.95 Å². The second-order valence-corrected chi connectivity index (χ2v) is 3.78. The Labute approximate surface area is 90.6 Å². The van der Waals surface area contributed by atoms with Gasteiger partial charge in [-0.1, -0.05) is 6.92 Å². The predicted octanol–water partition coefficient (Wildman–Crippen LogP) is 1.37. The average molecular weight is 212 g/mol. The molecule has 0 radical (unpaired) electrons. The van der Waals surface area contributed by atoms with Crippen LogP contribution >= 0.6 is 0 Å². The molecule has 1 rings (SSSR count). The fraction of sp³-hybridized carbons (Fsp3) is 0.800. The van der Waals surface area contributed by atoms with Crippen molar-refractivity contribution in [3.63, 3.8) is 0 Å². The first-order valence-corrected chi connectivity index (χ1v) is 5.43. The van der Waals surface area contributed by atoms with Crippen LogP contribution in [-0.2, 0) is 0 Å². The zero-order valence-corrected chi connectivity index (χ0v) is 9.73. The largest absolute Gasteiger partial charge is 0.342 e. The minimum Gasteiger partial charge on any atom is -0.342 e. The van der Waals surface area contributed by atoms with Crippen LogP contribution in [-0.4, -0.2) is 30.3 Å². The van der Waals surface area contributed by atoms with Gasteiger partial charge in [0.15, 0.2) is 0 Å². The van der Waals surface area contributed by atoms with Gasteiger partial charge in [0.2, 0.25) is 5.89 Å². The highest BCUT2D eigenvalue weighted by molar-refractivity contribution is 5.25. The zero-order chi connectivity index (χ0) is 11.3. The smallest absolute Gasteiger partial charge is 0.265 e. The molecule has 5 heteroatoms. The molecular weight excluding hydrogens is 192 g/mol. The molecule has 1 aromatic rings. The van der Waals surface area contributed by atoms with Crippen molar-refractivity contribution in [2.24, 2.45) is 5.73 Å². The lowest BCUT2D eigenvalue weighted by molar-refractivity contribution is 0.351. The third-order valence-electron chi connectivity index (χ3n) is 2.51. The van der Waals surface area contributed by atoms with Gasteiger partial charge in [-0.3, -0.25) is 0 Å². The molecule has 15 heavy (non-hydrogen) atoms. The summed E-state index contributed by atoms with van der Waals surface area (Å²) in [5, 5.41) is 3.92. The molecule has 0 fully saturated rings. The lowest BCUT2D eigenvalue weighted by Gasteiger charge is -2.09. The fourth-order valence-electron chi connectivity index (χ4n) is 1.27. The number of hydrogen-bond donors (Lipinski definition) is 1. The van der Waals surface area contributed by atoms with E-state index >= 15 is 0 Å². The minimum atomic E-state index is 0.292. The topological polar surface area (TPSA) is 68.2 Å². The van der Waals surface area contributed by atoms with E-state index in [2.05, 4.69) is 17.1 Å². The van der Waals surface area contributed by atoms with Crippen LogP contribution in [0.1, 0.15) is 38.5 Å². The summed E-state index contributed by atoms with van der Waals surface area (Å²) < 4.78 is 5.20. The Morgan fingerprint density at radius 1 is 1.53 bits per heavy atom. The molecule has 1 atom stereocenters. The summed E-state index contributed by atoms with van der Waals surface area (Å²) in [5.41, 5.74) is 5.45. The molecule has 0 aromatic carbocycles. The van der Waals surface area contributed by atoms with E-state index < -0.39 is 0 Å². The van der Waals surface area contributed by atoms with Crippen LogP contribution in [0, 0.1) is 0 Å². The SMILES string of the molecule is CCN(C)c1noc(C(C)CCCN)n1. The van der Waals surface area contributed by atoms with E-state index in [9.17, 15) is 0 Å². The lowest BCUT2D eigenvalue weighted by atomic mass is 10.1. The molecule has 0 saturated heterocycles. The Bertz CT molecular complexity index is 287. The number of nitrogens with zero attached hydrogens (tertiary/aromatic N) is 3. The van der Waals surface area contributed by atoms with E-state index in [1.165, 1.54) is 0 Å².